The summed E-state index contributed by atoms with van der Waals surface area (Å²) in [6.45, 7) is 1.40. The van der Waals surface area contributed by atoms with Crippen molar-refractivity contribution >= 4 is 32.9 Å². The highest BCUT2D eigenvalue weighted by molar-refractivity contribution is 9.10. The van der Waals surface area contributed by atoms with Crippen molar-refractivity contribution in [3.05, 3.63) is 100 Å². The molecule has 5 heteroatoms. The summed E-state index contributed by atoms with van der Waals surface area (Å²) in [7, 11) is 0. The Kier molecular flexibility index (Phi) is 6.06. The molecule has 1 aromatic heterocycles. The lowest BCUT2D eigenvalue weighted by Crippen LogP contribution is -2.26. The summed E-state index contributed by atoms with van der Waals surface area (Å²) in [5.41, 5.74) is 4.08. The van der Waals surface area contributed by atoms with Crippen LogP contribution in [0.3, 0.4) is 0 Å². The fourth-order valence-electron chi connectivity index (χ4n) is 3.47. The molecule has 0 atom stereocenters. The zero-order chi connectivity index (χ0) is 20.1. The van der Waals surface area contributed by atoms with Crippen molar-refractivity contribution in [1.82, 2.24) is 14.9 Å². The number of amides is 1. The van der Waals surface area contributed by atoms with E-state index in [0.717, 1.165) is 34.3 Å². The average molecular weight is 448 g/mol. The largest absolute Gasteiger partial charge is 0.352 e. The molecule has 0 aliphatic carbocycles. The van der Waals surface area contributed by atoms with Crippen LogP contribution in [0.15, 0.2) is 83.3 Å². The molecule has 0 bridgehead atoms. The van der Waals surface area contributed by atoms with Crippen LogP contribution in [0, 0.1) is 0 Å². The van der Waals surface area contributed by atoms with Crippen LogP contribution in [0.4, 0.5) is 0 Å². The Morgan fingerprint density at radius 1 is 0.931 bits per heavy atom. The van der Waals surface area contributed by atoms with Gasteiger partial charge >= 0.3 is 0 Å². The smallest absolute Gasteiger partial charge is 0.251 e. The Labute approximate surface area is 178 Å². The summed E-state index contributed by atoms with van der Waals surface area (Å²) in [5.74, 6) is 0.926. The van der Waals surface area contributed by atoms with E-state index in [-0.39, 0.29) is 5.91 Å². The van der Waals surface area contributed by atoms with Gasteiger partial charge in [0.2, 0.25) is 0 Å². The molecule has 0 radical (unpaired) electrons. The van der Waals surface area contributed by atoms with Gasteiger partial charge in [-0.2, -0.15) is 0 Å². The molecule has 3 aromatic carbocycles. The van der Waals surface area contributed by atoms with Gasteiger partial charge in [-0.05, 0) is 42.3 Å². The molecule has 0 aliphatic rings. The van der Waals surface area contributed by atoms with E-state index >= 15 is 0 Å². The molecule has 0 fully saturated rings. The average Bonchev–Trinajstić information content (AvgIpc) is 3.10. The number of carbonyl (C=O) groups is 1. The second-order valence-electron chi connectivity index (χ2n) is 6.92. The van der Waals surface area contributed by atoms with E-state index < -0.39 is 0 Å². The monoisotopic (exact) mass is 447 g/mol. The van der Waals surface area contributed by atoms with E-state index in [1.54, 1.807) is 0 Å². The van der Waals surface area contributed by atoms with Gasteiger partial charge in [0, 0.05) is 29.5 Å². The molecular formula is C24H22BrN3O. The predicted molar refractivity (Wildman–Crippen MR) is 120 cm³/mol. The van der Waals surface area contributed by atoms with Crippen molar-refractivity contribution < 1.29 is 4.79 Å². The Bertz CT molecular complexity index is 1120. The summed E-state index contributed by atoms with van der Waals surface area (Å²) < 4.78 is 3.17. The number of carbonyl (C=O) groups excluding carboxylic acids is 1. The molecule has 0 spiro atoms. The number of hydrogen-bond donors (Lipinski definition) is 1. The number of nitrogens with one attached hydrogen (secondary N) is 1. The van der Waals surface area contributed by atoms with Crippen molar-refractivity contribution in [2.45, 2.75) is 19.4 Å². The molecule has 0 aliphatic heterocycles. The number of para-hydroxylation sites is 2. The highest BCUT2D eigenvalue weighted by Gasteiger charge is 2.11. The number of halogens is 1. The second kappa shape index (κ2) is 9.05. The number of nitrogens with zero attached hydrogens (tertiary/aromatic N) is 2. The molecule has 4 rings (SSSR count). The Hall–Kier alpha value is -2.92. The fourth-order valence-corrected chi connectivity index (χ4v) is 3.87. The van der Waals surface area contributed by atoms with Crippen LogP contribution in [-0.2, 0) is 19.4 Å². The highest BCUT2D eigenvalue weighted by Crippen LogP contribution is 2.18. The van der Waals surface area contributed by atoms with E-state index in [2.05, 4.69) is 56.1 Å². The lowest BCUT2D eigenvalue weighted by molar-refractivity contribution is 0.0954. The maximum absolute atomic E-state index is 12.4. The summed E-state index contributed by atoms with van der Waals surface area (Å²) in [6, 6.07) is 26.1. The highest BCUT2D eigenvalue weighted by atomic mass is 79.9. The number of aromatic nitrogens is 2. The van der Waals surface area contributed by atoms with E-state index in [0.29, 0.717) is 18.5 Å². The molecule has 1 heterocycles. The normalized spacial score (nSPS) is 10.9. The topological polar surface area (TPSA) is 46.9 Å². The van der Waals surface area contributed by atoms with Crippen LogP contribution in [0.5, 0.6) is 0 Å². The van der Waals surface area contributed by atoms with Crippen LogP contribution < -0.4 is 5.32 Å². The number of fused-ring (bicyclic) bond motifs is 1. The Balaban J connectivity index is 1.47. The maximum Gasteiger partial charge on any atom is 0.251 e. The van der Waals surface area contributed by atoms with Crippen molar-refractivity contribution in [2.24, 2.45) is 0 Å². The van der Waals surface area contributed by atoms with Crippen molar-refractivity contribution in [3.63, 3.8) is 0 Å². The van der Waals surface area contributed by atoms with Gasteiger partial charge in [-0.1, -0.05) is 64.5 Å². The number of aryl methyl sites for hydroxylation is 2. The standard InChI is InChI=1S/C24H22BrN3O/c25-20-10-6-9-19(17-20)24(29)26-15-13-23-27-21-11-4-5-12-22(21)28(23)16-14-18-7-2-1-3-8-18/h1-12,17H,13-16H2,(H,26,29). The molecule has 1 amide bonds. The summed E-state index contributed by atoms with van der Waals surface area (Å²) >= 11 is 3.41. The number of hydrogen-bond acceptors (Lipinski definition) is 2. The zero-order valence-electron chi connectivity index (χ0n) is 16.0. The Morgan fingerprint density at radius 3 is 2.55 bits per heavy atom. The molecular weight excluding hydrogens is 426 g/mol. The quantitative estimate of drug-likeness (QED) is 0.432. The van der Waals surface area contributed by atoms with Gasteiger partial charge in [0.25, 0.3) is 5.91 Å². The number of benzene rings is 3. The molecule has 29 heavy (non-hydrogen) atoms. The SMILES string of the molecule is O=C(NCCc1nc2ccccc2n1CCc1ccccc1)c1cccc(Br)c1. The van der Waals surface area contributed by atoms with Crippen molar-refractivity contribution in [1.29, 1.82) is 0 Å². The first-order chi connectivity index (χ1) is 14.2. The predicted octanol–water partition coefficient (Wildman–Crippen LogP) is 5.01. The second-order valence-corrected chi connectivity index (χ2v) is 7.84. The lowest BCUT2D eigenvalue weighted by Gasteiger charge is -2.10. The summed E-state index contributed by atoms with van der Waals surface area (Å²) in [5, 5.41) is 3.01. The van der Waals surface area contributed by atoms with E-state index in [1.807, 2.05) is 48.5 Å². The van der Waals surface area contributed by atoms with Crippen LogP contribution in [0.25, 0.3) is 11.0 Å². The van der Waals surface area contributed by atoms with Crippen LogP contribution in [0.1, 0.15) is 21.7 Å². The molecule has 0 saturated carbocycles. The molecule has 0 saturated heterocycles. The van der Waals surface area contributed by atoms with Crippen molar-refractivity contribution in [3.8, 4) is 0 Å². The maximum atomic E-state index is 12.4. The molecule has 4 nitrogen and oxygen atoms in total. The molecule has 146 valence electrons. The van der Waals surface area contributed by atoms with Gasteiger partial charge in [-0.15, -0.1) is 0 Å². The molecule has 1 N–H and O–H groups in total. The third kappa shape index (κ3) is 4.74. The first-order valence-electron chi connectivity index (χ1n) is 9.72. The first-order valence-corrected chi connectivity index (χ1v) is 10.5. The lowest BCUT2D eigenvalue weighted by atomic mass is 10.1. The zero-order valence-corrected chi connectivity index (χ0v) is 17.6. The van der Waals surface area contributed by atoms with Gasteiger partial charge < -0.3 is 9.88 Å². The third-order valence-electron chi connectivity index (χ3n) is 4.92. The summed E-state index contributed by atoms with van der Waals surface area (Å²) in [6.07, 6.45) is 1.63. The van der Waals surface area contributed by atoms with Crippen molar-refractivity contribution in [2.75, 3.05) is 6.54 Å². The van der Waals surface area contributed by atoms with Gasteiger partial charge in [0.05, 0.1) is 11.0 Å². The van der Waals surface area contributed by atoms with Gasteiger partial charge in [-0.3, -0.25) is 4.79 Å². The van der Waals surface area contributed by atoms with Gasteiger partial charge in [0.1, 0.15) is 5.82 Å². The summed E-state index contributed by atoms with van der Waals surface area (Å²) in [4.78, 5) is 17.2. The third-order valence-corrected chi connectivity index (χ3v) is 5.41. The number of imidazole rings is 1. The first kappa shape index (κ1) is 19.4. The van der Waals surface area contributed by atoms with Gasteiger partial charge in [0.15, 0.2) is 0 Å². The molecule has 0 unspecified atom stereocenters. The number of rotatable bonds is 7. The van der Waals surface area contributed by atoms with E-state index in [1.165, 1.54) is 5.56 Å². The fraction of sp³-hybridized carbons (Fsp3) is 0.167. The van der Waals surface area contributed by atoms with Gasteiger partial charge in [-0.25, -0.2) is 4.98 Å². The van der Waals surface area contributed by atoms with Crippen LogP contribution in [-0.4, -0.2) is 22.0 Å². The Morgan fingerprint density at radius 2 is 1.72 bits per heavy atom. The van der Waals surface area contributed by atoms with E-state index in [9.17, 15) is 4.79 Å². The van der Waals surface area contributed by atoms with Crippen LogP contribution in [0.2, 0.25) is 0 Å². The minimum atomic E-state index is -0.0711. The minimum Gasteiger partial charge on any atom is -0.352 e. The minimum absolute atomic E-state index is 0.0711. The van der Waals surface area contributed by atoms with Crippen LogP contribution >= 0.6 is 15.9 Å². The van der Waals surface area contributed by atoms with E-state index in [4.69, 9.17) is 4.98 Å². The molecule has 4 aromatic rings.